The molecule has 0 N–H and O–H groups in total. The number of hydrogen-bond donors (Lipinski definition) is 0. The Morgan fingerprint density at radius 2 is 2.15 bits per heavy atom. The Bertz CT molecular complexity index is 273. The van der Waals surface area contributed by atoms with Crippen LogP contribution in [0.5, 0.6) is 5.75 Å². The number of aryl methyl sites for hydroxylation is 1. The second-order valence-corrected chi connectivity index (χ2v) is 3.35. The maximum Gasteiger partial charge on any atom is 0.225 e. The first-order valence-electron chi connectivity index (χ1n) is 4.56. The van der Waals surface area contributed by atoms with Crippen LogP contribution in [0.4, 0.5) is 0 Å². The van der Waals surface area contributed by atoms with E-state index in [9.17, 15) is 4.57 Å². The van der Waals surface area contributed by atoms with Gasteiger partial charge in [0.2, 0.25) is 8.69 Å². The summed E-state index contributed by atoms with van der Waals surface area (Å²) in [4.78, 5) is 0. The fraction of sp³-hybridized carbons (Fsp3) is 0.400. The highest BCUT2D eigenvalue weighted by Crippen LogP contribution is 2.22. The molecule has 0 amide bonds. The number of unbranched alkanes of at least 4 members (excludes halogenated alkanes) is 1. The third-order valence-electron chi connectivity index (χ3n) is 1.95. The summed E-state index contributed by atoms with van der Waals surface area (Å²) in [5.41, 5.74) is 1.16. The summed E-state index contributed by atoms with van der Waals surface area (Å²) >= 11 is 0. The maximum absolute atomic E-state index is 10.4. The van der Waals surface area contributed by atoms with E-state index < -0.39 is 8.69 Å². The minimum absolute atomic E-state index is 0.779. The molecule has 3 heteroatoms. The van der Waals surface area contributed by atoms with Crippen LogP contribution in [0, 0.1) is 0 Å². The lowest BCUT2D eigenvalue weighted by Crippen LogP contribution is -1.88. The van der Waals surface area contributed by atoms with Crippen molar-refractivity contribution in [3.63, 3.8) is 0 Å². The van der Waals surface area contributed by atoms with Crippen molar-refractivity contribution in [2.75, 3.05) is 0 Å². The third kappa shape index (κ3) is 3.23. The zero-order valence-electron chi connectivity index (χ0n) is 7.82. The van der Waals surface area contributed by atoms with Gasteiger partial charge >= 0.3 is 0 Å². The van der Waals surface area contributed by atoms with E-state index in [1.807, 2.05) is 24.3 Å². The molecule has 0 spiro atoms. The van der Waals surface area contributed by atoms with Crippen LogP contribution in [0.25, 0.3) is 0 Å². The highest BCUT2D eigenvalue weighted by Gasteiger charge is 2.00. The minimum atomic E-state index is -1.15. The van der Waals surface area contributed by atoms with Gasteiger partial charge in [0.25, 0.3) is 0 Å². The summed E-state index contributed by atoms with van der Waals surface area (Å²) in [6.07, 6.45) is 3.32. The molecule has 13 heavy (non-hydrogen) atoms. The Labute approximate surface area is 80.2 Å². The van der Waals surface area contributed by atoms with Gasteiger partial charge in [-0.2, -0.15) is 0 Å². The monoisotopic (exact) mass is 198 g/mol. The zero-order chi connectivity index (χ0) is 9.52. The van der Waals surface area contributed by atoms with Crippen LogP contribution in [0.1, 0.15) is 25.3 Å². The summed E-state index contributed by atoms with van der Waals surface area (Å²) in [5.74, 6) is 0.779. The van der Waals surface area contributed by atoms with Crippen LogP contribution < -0.4 is 4.52 Å². The summed E-state index contributed by atoms with van der Waals surface area (Å²) in [6, 6.07) is 7.79. The molecule has 1 aromatic carbocycles. The smallest absolute Gasteiger partial charge is 0.225 e. The second-order valence-electron chi connectivity index (χ2n) is 2.93. The Hall–Kier alpha value is -0.750. The predicted octanol–water partition coefficient (Wildman–Crippen LogP) is 3.08. The molecule has 1 rings (SSSR count). The second kappa shape index (κ2) is 5.82. The first kappa shape index (κ1) is 10.3. The van der Waals surface area contributed by atoms with Gasteiger partial charge in [-0.3, -0.25) is 4.57 Å². The molecule has 0 saturated heterocycles. The van der Waals surface area contributed by atoms with Crippen molar-refractivity contribution in [1.29, 1.82) is 0 Å². The van der Waals surface area contributed by atoms with Gasteiger partial charge in [-0.05, 0) is 24.5 Å². The van der Waals surface area contributed by atoms with Crippen LogP contribution in [0.15, 0.2) is 24.3 Å². The maximum atomic E-state index is 10.4. The van der Waals surface area contributed by atoms with Crippen molar-refractivity contribution in [3.8, 4) is 5.75 Å². The molecule has 2 nitrogen and oxygen atoms in total. The number of hydrogen-bond acceptors (Lipinski definition) is 2. The van der Waals surface area contributed by atoms with E-state index in [1.165, 1.54) is 6.42 Å². The fourth-order valence-corrected chi connectivity index (χ4v) is 1.58. The Morgan fingerprint density at radius 3 is 2.85 bits per heavy atom. The zero-order valence-corrected chi connectivity index (χ0v) is 8.98. The first-order chi connectivity index (χ1) is 6.38. The van der Waals surface area contributed by atoms with E-state index in [1.54, 1.807) is 0 Å². The van der Waals surface area contributed by atoms with Gasteiger partial charge in [0, 0.05) is 0 Å². The van der Waals surface area contributed by atoms with Gasteiger partial charge in [0.05, 0.1) is 0 Å². The molecule has 0 heterocycles. The highest BCUT2D eigenvalue weighted by molar-refractivity contribution is 7.17. The van der Waals surface area contributed by atoms with Gasteiger partial charge in [-0.25, -0.2) is 0 Å². The summed E-state index contributed by atoms with van der Waals surface area (Å²) in [6.45, 7) is 2.16. The lowest BCUT2D eigenvalue weighted by molar-refractivity contribution is 0.521. The molecule has 0 radical (unpaired) electrons. The number of para-hydroxylation sites is 1. The van der Waals surface area contributed by atoms with Gasteiger partial charge in [0.15, 0.2) is 0 Å². The van der Waals surface area contributed by atoms with Crippen LogP contribution in [-0.4, -0.2) is 0 Å². The molecule has 0 aromatic heterocycles. The van der Waals surface area contributed by atoms with Crippen molar-refractivity contribution in [1.82, 2.24) is 0 Å². The molecule has 72 valence electrons. The van der Waals surface area contributed by atoms with E-state index in [2.05, 4.69) is 6.92 Å². The van der Waals surface area contributed by atoms with Crippen molar-refractivity contribution in [3.05, 3.63) is 29.8 Å². The van der Waals surface area contributed by atoms with E-state index in [0.717, 1.165) is 24.2 Å². The molecule has 1 unspecified atom stereocenters. The fourth-order valence-electron chi connectivity index (χ4n) is 1.24. The Morgan fingerprint density at radius 1 is 1.38 bits per heavy atom. The molecule has 0 aliphatic heterocycles. The van der Waals surface area contributed by atoms with Crippen molar-refractivity contribution in [2.45, 2.75) is 26.2 Å². The molecule has 0 fully saturated rings. The van der Waals surface area contributed by atoms with Gasteiger partial charge in [-0.1, -0.05) is 31.5 Å². The lowest BCUT2D eigenvalue weighted by Gasteiger charge is -2.05. The first-order valence-corrected chi connectivity index (χ1v) is 5.51. The Kier molecular flexibility index (Phi) is 4.63. The van der Waals surface area contributed by atoms with Crippen molar-refractivity contribution < 1.29 is 9.09 Å². The SMILES string of the molecule is CCCCc1ccccc1O[PH2]=O. The van der Waals surface area contributed by atoms with E-state index in [-0.39, 0.29) is 0 Å². The molecule has 0 bridgehead atoms. The molecular formula is C10H15O2P. The summed E-state index contributed by atoms with van der Waals surface area (Å²) in [7, 11) is -1.15. The standard InChI is InChI=1S/C10H15O2P/c1-2-3-6-9-7-4-5-8-10(9)12-13-11/h4-5,7-8H,2-3,6,13H2,1H3. The molecule has 0 saturated carbocycles. The molecule has 1 atom stereocenters. The summed E-state index contributed by atoms with van der Waals surface area (Å²) in [5, 5.41) is 0. The Balaban J connectivity index is 2.71. The van der Waals surface area contributed by atoms with E-state index in [0.29, 0.717) is 0 Å². The number of benzene rings is 1. The highest BCUT2D eigenvalue weighted by atomic mass is 31.1. The van der Waals surface area contributed by atoms with Crippen molar-refractivity contribution in [2.24, 2.45) is 0 Å². The van der Waals surface area contributed by atoms with Gasteiger partial charge < -0.3 is 4.52 Å². The minimum Gasteiger partial charge on any atom is -0.447 e. The topological polar surface area (TPSA) is 26.3 Å². The van der Waals surface area contributed by atoms with E-state index >= 15 is 0 Å². The van der Waals surface area contributed by atoms with E-state index in [4.69, 9.17) is 4.52 Å². The predicted molar refractivity (Wildman–Crippen MR) is 56.1 cm³/mol. The molecular weight excluding hydrogens is 183 g/mol. The van der Waals surface area contributed by atoms with Gasteiger partial charge in [-0.15, -0.1) is 0 Å². The summed E-state index contributed by atoms with van der Waals surface area (Å²) < 4.78 is 15.4. The third-order valence-corrected chi connectivity index (χ3v) is 2.30. The van der Waals surface area contributed by atoms with Crippen LogP contribution >= 0.6 is 8.69 Å². The van der Waals surface area contributed by atoms with Crippen LogP contribution in [0.3, 0.4) is 0 Å². The number of rotatable bonds is 5. The largest absolute Gasteiger partial charge is 0.447 e. The van der Waals surface area contributed by atoms with Gasteiger partial charge in [0.1, 0.15) is 5.75 Å². The average Bonchev–Trinajstić information content (AvgIpc) is 2.17. The van der Waals surface area contributed by atoms with Crippen LogP contribution in [0.2, 0.25) is 0 Å². The van der Waals surface area contributed by atoms with Crippen LogP contribution in [-0.2, 0) is 11.0 Å². The molecule has 0 aliphatic carbocycles. The normalized spacial score (nSPS) is 10.8. The average molecular weight is 198 g/mol. The van der Waals surface area contributed by atoms with Crippen molar-refractivity contribution >= 4 is 8.69 Å². The molecule has 1 aromatic rings. The quantitative estimate of drug-likeness (QED) is 0.679. The molecule has 0 aliphatic rings. The lowest BCUT2D eigenvalue weighted by atomic mass is 10.1.